The van der Waals surface area contributed by atoms with Crippen LogP contribution in [-0.4, -0.2) is 37.6 Å². The molecule has 3 aromatic rings. The molecule has 1 N–H and O–H groups in total. The van der Waals surface area contributed by atoms with Crippen molar-refractivity contribution in [3.8, 4) is 16.9 Å². The molecule has 0 aliphatic heterocycles. The van der Waals surface area contributed by atoms with Crippen molar-refractivity contribution in [2.45, 2.75) is 6.42 Å². The first-order valence-electron chi connectivity index (χ1n) is 9.63. The quantitative estimate of drug-likeness (QED) is 0.567. The molecular formula is C24H25FN2O2. The number of anilines is 1. The minimum atomic E-state index is -0.369. The van der Waals surface area contributed by atoms with Crippen LogP contribution < -0.4 is 10.1 Å². The second kappa shape index (κ2) is 10.4. The Balaban J connectivity index is 1.46. The fourth-order valence-corrected chi connectivity index (χ4v) is 2.95. The largest absolute Gasteiger partial charge is 0.489 e. The lowest BCUT2D eigenvalue weighted by Gasteiger charge is -2.17. The first-order valence-corrected chi connectivity index (χ1v) is 9.63. The molecule has 0 saturated carbocycles. The number of likely N-dealkylation sites (N-methyl/N-ethyl adjacent to an activating group) is 1. The van der Waals surface area contributed by atoms with Crippen LogP contribution in [0.5, 0.6) is 5.75 Å². The molecule has 4 nitrogen and oxygen atoms in total. The summed E-state index contributed by atoms with van der Waals surface area (Å²) in [6, 6.07) is 24.1. The maximum absolute atomic E-state index is 13.5. The molecule has 0 aliphatic rings. The zero-order chi connectivity index (χ0) is 20.5. The highest BCUT2D eigenvalue weighted by molar-refractivity contribution is 5.95. The van der Waals surface area contributed by atoms with Gasteiger partial charge in [-0.3, -0.25) is 4.79 Å². The molecule has 0 unspecified atom stereocenters. The molecule has 0 spiro atoms. The second-order valence-corrected chi connectivity index (χ2v) is 6.79. The fourth-order valence-electron chi connectivity index (χ4n) is 2.95. The number of halogens is 1. The van der Waals surface area contributed by atoms with Gasteiger partial charge in [0.25, 0.3) is 0 Å². The van der Waals surface area contributed by atoms with Crippen molar-refractivity contribution in [2.24, 2.45) is 0 Å². The summed E-state index contributed by atoms with van der Waals surface area (Å²) in [4.78, 5) is 14.4. The number of carbonyl (C=O) groups is 1. The number of para-hydroxylation sites is 2. The molecule has 0 saturated heterocycles. The molecule has 1 amide bonds. The van der Waals surface area contributed by atoms with Gasteiger partial charge in [-0.05, 0) is 30.8 Å². The van der Waals surface area contributed by atoms with Crippen molar-refractivity contribution in [1.29, 1.82) is 0 Å². The molecule has 0 atom stereocenters. The smallest absolute Gasteiger partial charge is 0.225 e. The molecule has 0 aliphatic carbocycles. The number of hydrogen-bond donors (Lipinski definition) is 1. The van der Waals surface area contributed by atoms with Crippen LogP contribution in [0.1, 0.15) is 6.42 Å². The summed E-state index contributed by atoms with van der Waals surface area (Å²) >= 11 is 0. The number of hydrogen-bond acceptors (Lipinski definition) is 3. The lowest BCUT2D eigenvalue weighted by molar-refractivity contribution is -0.116. The summed E-state index contributed by atoms with van der Waals surface area (Å²) in [5.41, 5.74) is 2.85. The first kappa shape index (κ1) is 20.6. The molecule has 0 fully saturated rings. The number of nitrogens with zero attached hydrogens (tertiary/aromatic N) is 1. The van der Waals surface area contributed by atoms with Crippen LogP contribution in [0.2, 0.25) is 0 Å². The second-order valence-electron chi connectivity index (χ2n) is 6.79. The van der Waals surface area contributed by atoms with Crippen molar-refractivity contribution in [2.75, 3.05) is 32.1 Å². The van der Waals surface area contributed by atoms with Gasteiger partial charge >= 0.3 is 0 Å². The summed E-state index contributed by atoms with van der Waals surface area (Å²) in [5, 5.41) is 3.01. The molecule has 3 rings (SSSR count). The van der Waals surface area contributed by atoms with E-state index in [-0.39, 0.29) is 17.5 Å². The lowest BCUT2D eigenvalue weighted by atomic mass is 10.0. The Morgan fingerprint density at radius 2 is 1.62 bits per heavy atom. The van der Waals surface area contributed by atoms with Gasteiger partial charge in [-0.25, -0.2) is 4.39 Å². The minimum Gasteiger partial charge on any atom is -0.489 e. The van der Waals surface area contributed by atoms with Crippen LogP contribution in [0.3, 0.4) is 0 Å². The number of rotatable bonds is 9. The van der Waals surface area contributed by atoms with Gasteiger partial charge in [-0.2, -0.15) is 0 Å². The minimum absolute atomic E-state index is 0.0461. The van der Waals surface area contributed by atoms with Gasteiger partial charge in [0.15, 0.2) is 11.6 Å². The molecule has 150 valence electrons. The van der Waals surface area contributed by atoms with E-state index in [1.54, 1.807) is 18.2 Å². The highest BCUT2D eigenvalue weighted by Gasteiger charge is 2.10. The van der Waals surface area contributed by atoms with Gasteiger partial charge in [0, 0.05) is 30.8 Å². The van der Waals surface area contributed by atoms with Crippen molar-refractivity contribution < 1.29 is 13.9 Å². The normalized spacial score (nSPS) is 10.7. The van der Waals surface area contributed by atoms with Crippen LogP contribution in [-0.2, 0) is 4.79 Å². The predicted molar refractivity (Wildman–Crippen MR) is 115 cm³/mol. The molecular weight excluding hydrogens is 367 g/mol. The summed E-state index contributed by atoms with van der Waals surface area (Å²) in [5.74, 6) is -0.168. The summed E-state index contributed by atoms with van der Waals surface area (Å²) < 4.78 is 19.0. The average molecular weight is 392 g/mol. The van der Waals surface area contributed by atoms with E-state index in [2.05, 4.69) is 5.32 Å². The third-order valence-corrected chi connectivity index (χ3v) is 4.57. The van der Waals surface area contributed by atoms with Gasteiger partial charge < -0.3 is 15.0 Å². The molecule has 0 heterocycles. The molecule has 0 radical (unpaired) electrons. The van der Waals surface area contributed by atoms with Crippen molar-refractivity contribution in [3.63, 3.8) is 0 Å². The van der Waals surface area contributed by atoms with E-state index in [4.69, 9.17) is 4.74 Å². The Labute approximate surface area is 170 Å². The van der Waals surface area contributed by atoms with Crippen molar-refractivity contribution in [3.05, 3.63) is 84.7 Å². The topological polar surface area (TPSA) is 41.6 Å². The van der Waals surface area contributed by atoms with E-state index in [0.29, 0.717) is 26.1 Å². The van der Waals surface area contributed by atoms with Crippen LogP contribution in [0, 0.1) is 5.82 Å². The summed E-state index contributed by atoms with van der Waals surface area (Å²) in [7, 11) is 1.91. The SMILES string of the molecule is CN(CCOc1ccccc1F)CCC(=O)Nc1ccccc1-c1ccccc1. The predicted octanol–water partition coefficient (Wildman–Crippen LogP) is 4.83. The number of benzene rings is 3. The fraction of sp³-hybridized carbons (Fsp3) is 0.208. The van der Waals surface area contributed by atoms with Crippen molar-refractivity contribution >= 4 is 11.6 Å². The van der Waals surface area contributed by atoms with E-state index in [9.17, 15) is 9.18 Å². The highest BCUT2D eigenvalue weighted by atomic mass is 19.1. The van der Waals surface area contributed by atoms with Gasteiger partial charge in [0.1, 0.15) is 6.61 Å². The van der Waals surface area contributed by atoms with Crippen molar-refractivity contribution in [1.82, 2.24) is 4.90 Å². The van der Waals surface area contributed by atoms with E-state index >= 15 is 0 Å². The third-order valence-electron chi connectivity index (χ3n) is 4.57. The summed E-state index contributed by atoms with van der Waals surface area (Å²) in [6.07, 6.45) is 0.360. The molecule has 29 heavy (non-hydrogen) atoms. The van der Waals surface area contributed by atoms with Crippen LogP contribution in [0.15, 0.2) is 78.9 Å². The number of ether oxygens (including phenoxy) is 1. The number of carbonyl (C=O) groups excluding carboxylic acids is 1. The molecule has 0 aromatic heterocycles. The Kier molecular flexibility index (Phi) is 7.36. The van der Waals surface area contributed by atoms with Gasteiger partial charge in [0.2, 0.25) is 5.91 Å². The van der Waals surface area contributed by atoms with Gasteiger partial charge in [-0.1, -0.05) is 60.7 Å². The summed E-state index contributed by atoms with van der Waals surface area (Å²) in [6.45, 7) is 1.54. The Morgan fingerprint density at radius 1 is 0.931 bits per heavy atom. The molecule has 5 heteroatoms. The van der Waals surface area contributed by atoms with E-state index in [1.165, 1.54) is 6.07 Å². The zero-order valence-corrected chi connectivity index (χ0v) is 16.5. The maximum atomic E-state index is 13.5. The number of nitrogens with one attached hydrogen (secondary N) is 1. The van der Waals surface area contributed by atoms with Gasteiger partial charge in [0.05, 0.1) is 0 Å². The van der Waals surface area contributed by atoms with E-state index in [1.807, 2.05) is 66.5 Å². The Hall–Kier alpha value is -3.18. The Bertz CT molecular complexity index is 931. The third kappa shape index (κ3) is 6.16. The van der Waals surface area contributed by atoms with Gasteiger partial charge in [-0.15, -0.1) is 0 Å². The lowest BCUT2D eigenvalue weighted by Crippen LogP contribution is -2.28. The van der Waals surface area contributed by atoms with Crippen LogP contribution in [0.4, 0.5) is 10.1 Å². The van der Waals surface area contributed by atoms with E-state index < -0.39 is 0 Å². The van der Waals surface area contributed by atoms with Crippen LogP contribution >= 0.6 is 0 Å². The first-order chi connectivity index (χ1) is 14.1. The standard InChI is InChI=1S/C24H25FN2O2/c1-27(17-18-29-23-14-8-6-12-21(23)25)16-15-24(28)26-22-13-7-5-11-20(22)19-9-3-2-4-10-19/h2-14H,15-18H2,1H3,(H,26,28). The highest BCUT2D eigenvalue weighted by Crippen LogP contribution is 2.27. The number of amides is 1. The molecule has 0 bridgehead atoms. The van der Waals surface area contributed by atoms with Crippen LogP contribution in [0.25, 0.3) is 11.1 Å². The monoisotopic (exact) mass is 392 g/mol. The maximum Gasteiger partial charge on any atom is 0.225 e. The van der Waals surface area contributed by atoms with E-state index in [0.717, 1.165) is 16.8 Å². The molecule has 3 aromatic carbocycles. The average Bonchev–Trinajstić information content (AvgIpc) is 2.75. The Morgan fingerprint density at radius 3 is 2.41 bits per heavy atom. The zero-order valence-electron chi connectivity index (χ0n) is 16.5.